The van der Waals surface area contributed by atoms with Crippen molar-refractivity contribution in [2.45, 2.75) is 18.9 Å². The number of nitrogens with zero attached hydrogens (tertiary/aromatic N) is 2. The number of amides is 1. The third-order valence-electron chi connectivity index (χ3n) is 4.40. The van der Waals surface area contributed by atoms with Gasteiger partial charge in [0.1, 0.15) is 0 Å². The van der Waals surface area contributed by atoms with Crippen molar-refractivity contribution < 1.29 is 4.79 Å². The standard InChI is InChI=1S/C19H22N4O/c1-21-16-11-15(17-12-18(24)23(2)19(20)22-17)9-8-14(16)10-13-6-4-3-5-7-13/h3-9,11,17,21H,10,12H2,1-2H3,(H2,20,22). The number of hydrogen-bond donors (Lipinski definition) is 2. The van der Waals surface area contributed by atoms with Gasteiger partial charge >= 0.3 is 0 Å². The highest BCUT2D eigenvalue weighted by molar-refractivity contribution is 5.98. The molecule has 0 radical (unpaired) electrons. The summed E-state index contributed by atoms with van der Waals surface area (Å²) in [5.74, 6) is 0.266. The highest BCUT2D eigenvalue weighted by Crippen LogP contribution is 2.30. The molecule has 0 saturated heterocycles. The molecule has 2 aromatic rings. The SMILES string of the molecule is CNc1cc(C2CC(=O)N(C)C(N)=N2)ccc1Cc1ccccc1. The summed E-state index contributed by atoms with van der Waals surface area (Å²) >= 11 is 0. The molecule has 2 aromatic carbocycles. The Labute approximate surface area is 142 Å². The van der Waals surface area contributed by atoms with E-state index in [1.807, 2.05) is 31.3 Å². The smallest absolute Gasteiger partial charge is 0.231 e. The Kier molecular flexibility index (Phi) is 4.51. The lowest BCUT2D eigenvalue weighted by molar-refractivity contribution is -0.127. The van der Waals surface area contributed by atoms with Gasteiger partial charge in [0.05, 0.1) is 12.5 Å². The van der Waals surface area contributed by atoms with Crippen LogP contribution >= 0.6 is 0 Å². The molecule has 1 amide bonds. The highest BCUT2D eigenvalue weighted by Gasteiger charge is 2.26. The maximum atomic E-state index is 12.0. The topological polar surface area (TPSA) is 70.7 Å². The van der Waals surface area contributed by atoms with E-state index in [2.05, 4.69) is 34.6 Å². The van der Waals surface area contributed by atoms with Gasteiger partial charge in [-0.25, -0.2) is 4.99 Å². The van der Waals surface area contributed by atoms with Crippen LogP contribution in [0, 0.1) is 0 Å². The highest BCUT2D eigenvalue weighted by atomic mass is 16.2. The van der Waals surface area contributed by atoms with E-state index < -0.39 is 0 Å². The van der Waals surface area contributed by atoms with Crippen molar-refractivity contribution in [1.82, 2.24) is 4.90 Å². The molecule has 0 saturated carbocycles. The van der Waals surface area contributed by atoms with Crippen LogP contribution < -0.4 is 11.1 Å². The van der Waals surface area contributed by atoms with Crippen LogP contribution in [0.3, 0.4) is 0 Å². The molecule has 1 heterocycles. The predicted molar refractivity (Wildman–Crippen MR) is 97.0 cm³/mol. The third-order valence-corrected chi connectivity index (χ3v) is 4.40. The first-order chi connectivity index (χ1) is 11.6. The van der Waals surface area contributed by atoms with Crippen molar-refractivity contribution in [3.05, 3.63) is 65.2 Å². The Bertz CT molecular complexity index is 770. The van der Waals surface area contributed by atoms with E-state index in [1.165, 1.54) is 16.0 Å². The molecular weight excluding hydrogens is 300 g/mol. The molecule has 0 spiro atoms. The van der Waals surface area contributed by atoms with Crippen molar-refractivity contribution in [2.24, 2.45) is 10.7 Å². The Hall–Kier alpha value is -2.82. The summed E-state index contributed by atoms with van der Waals surface area (Å²) in [7, 11) is 3.56. The van der Waals surface area contributed by atoms with Gasteiger partial charge in [0.2, 0.25) is 5.91 Å². The minimum atomic E-state index is -0.216. The summed E-state index contributed by atoms with van der Waals surface area (Å²) < 4.78 is 0. The molecule has 0 bridgehead atoms. The monoisotopic (exact) mass is 322 g/mol. The average Bonchev–Trinajstić information content (AvgIpc) is 2.60. The van der Waals surface area contributed by atoms with Crippen LogP contribution in [0.1, 0.15) is 29.2 Å². The van der Waals surface area contributed by atoms with Gasteiger partial charge in [-0.05, 0) is 29.2 Å². The first-order valence-corrected chi connectivity index (χ1v) is 8.03. The second-order valence-electron chi connectivity index (χ2n) is 5.99. The lowest BCUT2D eigenvalue weighted by Crippen LogP contribution is -2.42. The zero-order valence-electron chi connectivity index (χ0n) is 14.0. The fourth-order valence-corrected chi connectivity index (χ4v) is 2.92. The van der Waals surface area contributed by atoms with Crippen LogP contribution in [0.15, 0.2) is 53.5 Å². The molecule has 24 heavy (non-hydrogen) atoms. The van der Waals surface area contributed by atoms with Crippen LogP contribution in [0.2, 0.25) is 0 Å². The zero-order valence-corrected chi connectivity index (χ0v) is 14.0. The van der Waals surface area contributed by atoms with Gasteiger partial charge in [-0.2, -0.15) is 0 Å². The Morgan fingerprint density at radius 2 is 2.00 bits per heavy atom. The summed E-state index contributed by atoms with van der Waals surface area (Å²) in [4.78, 5) is 17.8. The lowest BCUT2D eigenvalue weighted by Gasteiger charge is -2.26. The molecule has 5 heteroatoms. The molecular formula is C19H22N4O. The van der Waals surface area contributed by atoms with Crippen LogP contribution in [-0.2, 0) is 11.2 Å². The number of carbonyl (C=O) groups is 1. The van der Waals surface area contributed by atoms with E-state index in [9.17, 15) is 4.79 Å². The number of nitrogens with two attached hydrogens (primary N) is 1. The van der Waals surface area contributed by atoms with Crippen LogP contribution in [0.25, 0.3) is 0 Å². The number of rotatable bonds is 4. The Balaban J connectivity index is 1.88. The van der Waals surface area contributed by atoms with Crippen LogP contribution in [0.5, 0.6) is 0 Å². The molecule has 0 aromatic heterocycles. The average molecular weight is 322 g/mol. The molecule has 1 aliphatic rings. The number of nitrogens with one attached hydrogen (secondary N) is 1. The van der Waals surface area contributed by atoms with Gasteiger partial charge in [-0.15, -0.1) is 0 Å². The Morgan fingerprint density at radius 3 is 2.67 bits per heavy atom. The first-order valence-electron chi connectivity index (χ1n) is 8.03. The van der Waals surface area contributed by atoms with Crippen molar-refractivity contribution in [2.75, 3.05) is 19.4 Å². The fourth-order valence-electron chi connectivity index (χ4n) is 2.92. The quantitative estimate of drug-likeness (QED) is 0.909. The molecule has 3 rings (SSSR count). The van der Waals surface area contributed by atoms with Gasteiger partial charge < -0.3 is 11.1 Å². The van der Waals surface area contributed by atoms with E-state index in [-0.39, 0.29) is 17.9 Å². The number of aliphatic imine (C=N–C) groups is 1. The number of guanidine groups is 1. The number of benzene rings is 2. The molecule has 1 aliphatic heterocycles. The van der Waals surface area contributed by atoms with Crippen LogP contribution in [-0.4, -0.2) is 30.9 Å². The van der Waals surface area contributed by atoms with Crippen molar-refractivity contribution >= 4 is 17.6 Å². The van der Waals surface area contributed by atoms with Crippen molar-refractivity contribution in [1.29, 1.82) is 0 Å². The second-order valence-corrected chi connectivity index (χ2v) is 5.99. The summed E-state index contributed by atoms with van der Waals surface area (Å²) in [6.45, 7) is 0. The summed E-state index contributed by atoms with van der Waals surface area (Å²) in [6, 6.07) is 16.3. The summed E-state index contributed by atoms with van der Waals surface area (Å²) in [6.07, 6.45) is 1.20. The third kappa shape index (κ3) is 3.25. The first kappa shape index (κ1) is 16.1. The molecule has 5 nitrogen and oxygen atoms in total. The van der Waals surface area contributed by atoms with E-state index in [0.717, 1.165) is 17.7 Å². The molecule has 124 valence electrons. The van der Waals surface area contributed by atoms with Gasteiger partial charge in [-0.1, -0.05) is 42.5 Å². The zero-order chi connectivity index (χ0) is 17.1. The number of hydrogen-bond acceptors (Lipinski definition) is 4. The second kappa shape index (κ2) is 6.74. The number of anilines is 1. The molecule has 1 unspecified atom stereocenters. The molecule has 1 atom stereocenters. The minimum Gasteiger partial charge on any atom is -0.388 e. The lowest BCUT2D eigenvalue weighted by atomic mass is 9.96. The van der Waals surface area contributed by atoms with Crippen LogP contribution in [0.4, 0.5) is 5.69 Å². The van der Waals surface area contributed by atoms with E-state index >= 15 is 0 Å². The molecule has 3 N–H and O–H groups in total. The summed E-state index contributed by atoms with van der Waals surface area (Å²) in [5, 5.41) is 3.25. The maximum absolute atomic E-state index is 12.0. The summed E-state index contributed by atoms with van der Waals surface area (Å²) in [5.41, 5.74) is 10.4. The van der Waals surface area contributed by atoms with E-state index in [4.69, 9.17) is 5.73 Å². The molecule has 0 fully saturated rings. The predicted octanol–water partition coefficient (Wildman–Crippen LogP) is 2.54. The van der Waals surface area contributed by atoms with E-state index in [0.29, 0.717) is 6.42 Å². The molecule has 0 aliphatic carbocycles. The minimum absolute atomic E-state index is 0.00753. The van der Waals surface area contributed by atoms with Gasteiger partial charge in [-0.3, -0.25) is 9.69 Å². The van der Waals surface area contributed by atoms with Gasteiger partial charge in [0.25, 0.3) is 0 Å². The van der Waals surface area contributed by atoms with E-state index in [1.54, 1.807) is 7.05 Å². The van der Waals surface area contributed by atoms with Crippen molar-refractivity contribution in [3.8, 4) is 0 Å². The van der Waals surface area contributed by atoms with Crippen molar-refractivity contribution in [3.63, 3.8) is 0 Å². The normalized spacial score (nSPS) is 17.6. The fraction of sp³-hybridized carbons (Fsp3) is 0.263. The van der Waals surface area contributed by atoms with Gasteiger partial charge in [0, 0.05) is 19.8 Å². The number of carbonyl (C=O) groups excluding carboxylic acids is 1. The van der Waals surface area contributed by atoms with Gasteiger partial charge in [0.15, 0.2) is 5.96 Å². The Morgan fingerprint density at radius 1 is 1.25 bits per heavy atom. The largest absolute Gasteiger partial charge is 0.388 e. The maximum Gasteiger partial charge on any atom is 0.231 e.